The highest BCUT2D eigenvalue weighted by Crippen LogP contribution is 2.52. The summed E-state index contributed by atoms with van der Waals surface area (Å²) in [7, 11) is 1.62. The molecule has 8 nitrogen and oxygen atoms in total. The number of fused-ring (bicyclic) bond motifs is 2. The Bertz CT molecular complexity index is 1270. The van der Waals surface area contributed by atoms with E-state index in [-0.39, 0.29) is 29.7 Å². The summed E-state index contributed by atoms with van der Waals surface area (Å²) in [5.41, 5.74) is 2.78. The van der Waals surface area contributed by atoms with E-state index in [9.17, 15) is 14.4 Å². The fraction of sp³-hybridized carbons (Fsp3) is 0.583. The molecule has 2 unspecified atom stereocenters. The van der Waals surface area contributed by atoms with Gasteiger partial charge in [-0.3, -0.25) is 19.3 Å². The summed E-state index contributed by atoms with van der Waals surface area (Å²) in [6.07, 6.45) is 8.08. The first-order valence-corrected chi connectivity index (χ1v) is 16.5. The minimum Gasteiger partial charge on any atom is -0.489 e. The Morgan fingerprint density at radius 2 is 1.61 bits per heavy atom. The molecule has 1 saturated heterocycles. The molecule has 3 fully saturated rings. The van der Waals surface area contributed by atoms with Crippen LogP contribution in [0.3, 0.4) is 0 Å². The van der Waals surface area contributed by atoms with E-state index < -0.39 is 0 Å². The molecule has 238 valence electrons. The number of carbonyl (C=O) groups excluding carboxylic acids is 3. The minimum atomic E-state index is -0.106. The molecule has 1 aliphatic heterocycles. The quantitative estimate of drug-likeness (QED) is 0.377. The highest BCUT2D eigenvalue weighted by Gasteiger charge is 2.42. The topological polar surface area (TPSA) is 91.0 Å². The lowest BCUT2D eigenvalue weighted by molar-refractivity contribution is -0.135. The summed E-state index contributed by atoms with van der Waals surface area (Å²) >= 11 is 0. The molecule has 8 heteroatoms. The smallest absolute Gasteiger partial charge is 0.251 e. The van der Waals surface area contributed by atoms with Gasteiger partial charge in [-0.25, -0.2) is 0 Å². The first kappa shape index (κ1) is 32.0. The fourth-order valence-corrected chi connectivity index (χ4v) is 7.96. The molecule has 2 bridgehead atoms. The summed E-state index contributed by atoms with van der Waals surface area (Å²) in [4.78, 5) is 41.9. The van der Waals surface area contributed by atoms with Gasteiger partial charge in [-0.2, -0.15) is 0 Å². The molecule has 2 N–H and O–H groups in total. The molecule has 3 amide bonds. The number of para-hydroxylation sites is 1. The van der Waals surface area contributed by atoms with Gasteiger partial charge in [0.15, 0.2) is 0 Å². The van der Waals surface area contributed by atoms with E-state index in [0.717, 1.165) is 67.1 Å². The third kappa shape index (κ3) is 8.40. The number of hydrogen-bond acceptors (Lipinski definition) is 5. The van der Waals surface area contributed by atoms with Gasteiger partial charge < -0.3 is 20.3 Å². The van der Waals surface area contributed by atoms with Crippen LogP contribution < -0.4 is 15.4 Å². The van der Waals surface area contributed by atoms with Crippen molar-refractivity contribution >= 4 is 17.7 Å². The zero-order valence-electron chi connectivity index (χ0n) is 26.8. The second-order valence-corrected chi connectivity index (χ2v) is 13.7. The van der Waals surface area contributed by atoms with E-state index in [1.54, 1.807) is 19.2 Å². The van der Waals surface area contributed by atoms with Crippen molar-refractivity contribution < 1.29 is 19.1 Å². The first-order chi connectivity index (χ1) is 21.2. The molecular weight excluding hydrogens is 552 g/mol. The van der Waals surface area contributed by atoms with Gasteiger partial charge in [0, 0.05) is 57.3 Å². The molecule has 0 radical (unpaired) electrons. The summed E-state index contributed by atoms with van der Waals surface area (Å²) in [6, 6.07) is 15.5. The van der Waals surface area contributed by atoms with Gasteiger partial charge >= 0.3 is 0 Å². The Hall–Kier alpha value is -3.39. The molecule has 2 saturated carbocycles. The van der Waals surface area contributed by atoms with Crippen molar-refractivity contribution in [3.63, 3.8) is 0 Å². The van der Waals surface area contributed by atoms with Crippen LogP contribution in [-0.2, 0) is 22.7 Å². The summed E-state index contributed by atoms with van der Waals surface area (Å²) in [6.45, 7) is 8.68. The predicted molar refractivity (Wildman–Crippen MR) is 172 cm³/mol. The summed E-state index contributed by atoms with van der Waals surface area (Å²) in [5, 5.41) is 5.59. The molecular formula is C36H50N4O4. The van der Waals surface area contributed by atoms with Gasteiger partial charge in [0.25, 0.3) is 5.91 Å². The largest absolute Gasteiger partial charge is 0.489 e. The van der Waals surface area contributed by atoms with E-state index in [0.29, 0.717) is 31.7 Å². The van der Waals surface area contributed by atoms with Crippen LogP contribution >= 0.6 is 0 Å². The Labute approximate surface area is 262 Å². The number of ether oxygens (including phenoxy) is 1. The second-order valence-electron chi connectivity index (χ2n) is 13.7. The lowest BCUT2D eigenvalue weighted by atomic mass is 9.58. The van der Waals surface area contributed by atoms with Crippen LogP contribution in [0.4, 0.5) is 0 Å². The Morgan fingerprint density at radius 1 is 0.932 bits per heavy atom. The van der Waals surface area contributed by atoms with Crippen molar-refractivity contribution in [1.29, 1.82) is 0 Å². The molecule has 3 aliphatic rings. The van der Waals surface area contributed by atoms with Crippen molar-refractivity contribution in [2.45, 2.75) is 71.9 Å². The van der Waals surface area contributed by atoms with Crippen molar-refractivity contribution in [2.75, 3.05) is 39.8 Å². The number of benzene rings is 2. The van der Waals surface area contributed by atoms with Crippen LogP contribution in [0.2, 0.25) is 0 Å². The summed E-state index contributed by atoms with van der Waals surface area (Å²) < 4.78 is 6.17. The lowest BCUT2D eigenvalue weighted by Gasteiger charge is -2.47. The third-order valence-corrected chi connectivity index (χ3v) is 10.1. The average Bonchev–Trinajstić information content (AvgIpc) is 3.02. The SMILES string of the molecule is CCC1CC2CC(C1)CC(C)(CC(=O)NCC(=O)N1CCN(Cc3ccccc3OCc3ccc(C(=O)NC)cc3)CC1)C2. The Kier molecular flexibility index (Phi) is 10.6. The standard InChI is InChI=1S/C36H50N4O4/c1-4-26-17-28-19-29(18-26)21-36(2,20-28)22-33(41)38-23-34(42)40-15-13-39(14-16-40)24-31-7-5-6-8-32(31)44-25-27-9-11-30(12-10-27)35(43)37-3/h5-12,26,28-29H,4,13-25H2,1-3H3,(H,37,43)(H,38,41). The van der Waals surface area contributed by atoms with Crippen LogP contribution in [0, 0.1) is 23.2 Å². The minimum absolute atomic E-state index is 0.000578. The monoisotopic (exact) mass is 602 g/mol. The number of piperazine rings is 1. The molecule has 2 aromatic carbocycles. The van der Waals surface area contributed by atoms with Crippen LogP contribution in [0.5, 0.6) is 5.75 Å². The van der Waals surface area contributed by atoms with Crippen LogP contribution in [-0.4, -0.2) is 67.3 Å². The van der Waals surface area contributed by atoms with Gasteiger partial charge in [0.2, 0.25) is 11.8 Å². The Morgan fingerprint density at radius 3 is 2.27 bits per heavy atom. The van der Waals surface area contributed by atoms with E-state index in [1.165, 1.54) is 25.7 Å². The molecule has 0 spiro atoms. The second kappa shape index (κ2) is 14.6. The number of amides is 3. The number of carbonyl (C=O) groups is 3. The zero-order valence-corrected chi connectivity index (χ0v) is 26.8. The van der Waals surface area contributed by atoms with Gasteiger partial charge in [-0.05, 0) is 79.0 Å². The van der Waals surface area contributed by atoms with Crippen molar-refractivity contribution in [3.8, 4) is 5.75 Å². The number of rotatable bonds is 11. The molecule has 2 aliphatic carbocycles. The first-order valence-electron chi connectivity index (χ1n) is 16.5. The maximum Gasteiger partial charge on any atom is 0.251 e. The fourth-order valence-electron chi connectivity index (χ4n) is 7.96. The molecule has 0 aromatic heterocycles. The highest BCUT2D eigenvalue weighted by molar-refractivity contribution is 5.93. The molecule has 2 atom stereocenters. The van der Waals surface area contributed by atoms with E-state index in [2.05, 4.69) is 35.4 Å². The van der Waals surface area contributed by atoms with Gasteiger partial charge in [0.1, 0.15) is 12.4 Å². The maximum atomic E-state index is 13.0. The third-order valence-electron chi connectivity index (χ3n) is 10.1. The van der Waals surface area contributed by atoms with Crippen LogP contribution in [0.15, 0.2) is 48.5 Å². The maximum absolute atomic E-state index is 13.0. The zero-order chi connectivity index (χ0) is 31.1. The molecule has 1 heterocycles. The lowest BCUT2D eigenvalue weighted by Crippen LogP contribution is -2.51. The average molecular weight is 603 g/mol. The van der Waals surface area contributed by atoms with Crippen molar-refractivity contribution in [2.24, 2.45) is 23.2 Å². The summed E-state index contributed by atoms with van der Waals surface area (Å²) in [5.74, 6) is 3.14. The van der Waals surface area contributed by atoms with E-state index >= 15 is 0 Å². The van der Waals surface area contributed by atoms with E-state index in [4.69, 9.17) is 4.74 Å². The van der Waals surface area contributed by atoms with Crippen molar-refractivity contribution in [3.05, 3.63) is 65.2 Å². The van der Waals surface area contributed by atoms with Crippen LogP contribution in [0.1, 0.15) is 80.3 Å². The van der Waals surface area contributed by atoms with Gasteiger partial charge in [-0.1, -0.05) is 50.6 Å². The van der Waals surface area contributed by atoms with E-state index in [1.807, 2.05) is 35.2 Å². The van der Waals surface area contributed by atoms with Gasteiger partial charge in [-0.15, -0.1) is 0 Å². The van der Waals surface area contributed by atoms with Crippen LogP contribution in [0.25, 0.3) is 0 Å². The Balaban J connectivity index is 1.04. The number of hydrogen-bond donors (Lipinski definition) is 2. The number of nitrogens with zero attached hydrogens (tertiary/aromatic N) is 2. The van der Waals surface area contributed by atoms with Crippen molar-refractivity contribution in [1.82, 2.24) is 20.4 Å². The normalized spacial score (nSPS) is 25.2. The number of nitrogens with one attached hydrogen (secondary N) is 2. The predicted octanol–water partition coefficient (Wildman–Crippen LogP) is 5.02. The molecule has 2 aromatic rings. The molecule has 5 rings (SSSR count). The molecule has 44 heavy (non-hydrogen) atoms. The highest BCUT2D eigenvalue weighted by atomic mass is 16.5. The van der Waals surface area contributed by atoms with Gasteiger partial charge in [0.05, 0.1) is 6.54 Å².